The fraction of sp³-hybridized carbons (Fsp3) is 0.400. The molecule has 18 heavy (non-hydrogen) atoms. The van der Waals surface area contributed by atoms with E-state index in [0.29, 0.717) is 13.2 Å². The van der Waals surface area contributed by atoms with Gasteiger partial charge in [0.2, 0.25) is 5.91 Å². The van der Waals surface area contributed by atoms with Crippen LogP contribution in [0.15, 0.2) is 36.9 Å². The quantitative estimate of drug-likeness (QED) is 0.708. The van der Waals surface area contributed by atoms with Crippen molar-refractivity contribution in [3.63, 3.8) is 0 Å². The van der Waals surface area contributed by atoms with E-state index in [-0.39, 0.29) is 11.5 Å². The molecule has 2 aliphatic heterocycles. The highest BCUT2D eigenvalue weighted by Crippen LogP contribution is 2.42. The molecule has 1 unspecified atom stereocenters. The number of amides is 1. The summed E-state index contributed by atoms with van der Waals surface area (Å²) in [6, 6.07) is 8.32. The highest BCUT2D eigenvalue weighted by Gasteiger charge is 2.43. The molecule has 1 aromatic rings. The van der Waals surface area contributed by atoms with E-state index < -0.39 is 0 Å². The molecule has 0 N–H and O–H groups in total. The first-order valence-corrected chi connectivity index (χ1v) is 6.39. The third kappa shape index (κ3) is 1.66. The minimum atomic E-state index is -0.284. The number of piperidine rings is 1. The molecule has 0 bridgehead atoms. The van der Waals surface area contributed by atoms with Gasteiger partial charge in [-0.05, 0) is 30.0 Å². The molecular weight excluding hydrogens is 226 g/mol. The average molecular weight is 243 g/mol. The topological polar surface area (TPSA) is 29.5 Å². The van der Waals surface area contributed by atoms with E-state index in [1.165, 1.54) is 17.2 Å². The fourth-order valence-corrected chi connectivity index (χ4v) is 3.06. The van der Waals surface area contributed by atoms with Crippen molar-refractivity contribution in [1.29, 1.82) is 0 Å². The van der Waals surface area contributed by atoms with Crippen LogP contribution in [-0.4, -0.2) is 23.9 Å². The lowest BCUT2D eigenvalue weighted by atomic mass is 9.85. The molecule has 3 heteroatoms. The first kappa shape index (κ1) is 11.5. The zero-order valence-corrected chi connectivity index (χ0v) is 10.4. The minimum Gasteiger partial charge on any atom is -0.364 e. The number of hydrogen-bond acceptors (Lipinski definition) is 2. The second kappa shape index (κ2) is 4.25. The molecule has 1 saturated heterocycles. The summed E-state index contributed by atoms with van der Waals surface area (Å²) in [5, 5.41) is 0. The van der Waals surface area contributed by atoms with Crippen LogP contribution in [0.1, 0.15) is 24.0 Å². The first-order chi connectivity index (χ1) is 8.75. The van der Waals surface area contributed by atoms with Crippen molar-refractivity contribution in [3.8, 4) is 0 Å². The summed E-state index contributed by atoms with van der Waals surface area (Å²) in [6.07, 6.45) is 3.36. The van der Waals surface area contributed by atoms with Gasteiger partial charge in [0.25, 0.3) is 0 Å². The maximum atomic E-state index is 11.8. The van der Waals surface area contributed by atoms with Crippen molar-refractivity contribution in [3.05, 3.63) is 48.0 Å². The molecule has 3 rings (SSSR count). The highest BCUT2D eigenvalue weighted by molar-refractivity contribution is 5.87. The predicted octanol–water partition coefficient (Wildman–Crippen LogP) is 2.22. The Kier molecular flexibility index (Phi) is 2.71. The molecule has 0 saturated carbocycles. The number of rotatable bonds is 1. The van der Waals surface area contributed by atoms with Gasteiger partial charge in [-0.25, -0.2) is 0 Å². The Balaban J connectivity index is 1.92. The summed E-state index contributed by atoms with van der Waals surface area (Å²) in [6.45, 7) is 5.67. The van der Waals surface area contributed by atoms with Crippen molar-refractivity contribution in [1.82, 2.24) is 4.90 Å². The van der Waals surface area contributed by atoms with Crippen LogP contribution in [0, 0.1) is 0 Å². The summed E-state index contributed by atoms with van der Waals surface area (Å²) in [5.41, 5.74) is 2.23. The Morgan fingerprint density at radius 2 is 2.28 bits per heavy atom. The zero-order chi connectivity index (χ0) is 12.6. The van der Waals surface area contributed by atoms with Crippen LogP contribution < -0.4 is 0 Å². The van der Waals surface area contributed by atoms with Gasteiger partial charge in [0.15, 0.2) is 0 Å². The second-order valence-corrected chi connectivity index (χ2v) is 5.01. The van der Waals surface area contributed by atoms with E-state index >= 15 is 0 Å². The predicted molar refractivity (Wildman–Crippen MR) is 68.9 cm³/mol. The van der Waals surface area contributed by atoms with Crippen LogP contribution in [-0.2, 0) is 21.7 Å². The number of carbonyl (C=O) groups is 1. The molecule has 2 heterocycles. The van der Waals surface area contributed by atoms with Crippen molar-refractivity contribution in [2.24, 2.45) is 0 Å². The summed E-state index contributed by atoms with van der Waals surface area (Å²) >= 11 is 0. The lowest BCUT2D eigenvalue weighted by Gasteiger charge is -2.40. The molecule has 0 aliphatic carbocycles. The Hall–Kier alpha value is -1.61. The first-order valence-electron chi connectivity index (χ1n) is 6.39. The van der Waals surface area contributed by atoms with E-state index in [1.807, 2.05) is 17.0 Å². The number of hydrogen-bond donors (Lipinski definition) is 0. The van der Waals surface area contributed by atoms with Gasteiger partial charge >= 0.3 is 0 Å². The number of carbonyl (C=O) groups excluding carboxylic acids is 1. The minimum absolute atomic E-state index is 0.00190. The van der Waals surface area contributed by atoms with Gasteiger partial charge < -0.3 is 9.64 Å². The Bertz CT molecular complexity index is 493. The number of likely N-dealkylation sites (tertiary alicyclic amines) is 1. The molecule has 94 valence electrons. The molecule has 1 atom stereocenters. The lowest BCUT2D eigenvalue weighted by Crippen LogP contribution is -2.47. The standard InChI is InChI=1S/C15H17NO2/c1-2-14(17)16-9-5-8-15(11-16)13-7-4-3-6-12(13)10-18-15/h2-4,6-7H,1,5,8-11H2. The van der Waals surface area contributed by atoms with Crippen molar-refractivity contribution in [2.75, 3.05) is 13.1 Å². The van der Waals surface area contributed by atoms with Crippen LogP contribution in [0.3, 0.4) is 0 Å². The Morgan fingerprint density at radius 3 is 3.11 bits per heavy atom. The van der Waals surface area contributed by atoms with Gasteiger partial charge in [0, 0.05) is 6.54 Å². The van der Waals surface area contributed by atoms with Crippen LogP contribution in [0.4, 0.5) is 0 Å². The highest BCUT2D eigenvalue weighted by atomic mass is 16.5. The summed E-state index contributed by atoms with van der Waals surface area (Å²) < 4.78 is 6.05. The van der Waals surface area contributed by atoms with E-state index in [0.717, 1.165) is 19.4 Å². The van der Waals surface area contributed by atoms with Crippen molar-refractivity contribution in [2.45, 2.75) is 25.0 Å². The molecule has 3 nitrogen and oxygen atoms in total. The van der Waals surface area contributed by atoms with Gasteiger partial charge in [-0.3, -0.25) is 4.79 Å². The Labute approximate surface area is 107 Å². The third-order valence-electron chi connectivity index (χ3n) is 3.95. The second-order valence-electron chi connectivity index (χ2n) is 5.01. The van der Waals surface area contributed by atoms with Gasteiger partial charge in [0.05, 0.1) is 13.2 Å². The van der Waals surface area contributed by atoms with E-state index in [2.05, 4.69) is 18.7 Å². The largest absolute Gasteiger partial charge is 0.364 e. The van der Waals surface area contributed by atoms with Gasteiger partial charge in [-0.1, -0.05) is 30.8 Å². The molecular formula is C15H17NO2. The third-order valence-corrected chi connectivity index (χ3v) is 3.95. The van der Waals surface area contributed by atoms with Gasteiger partial charge in [0.1, 0.15) is 5.60 Å². The number of nitrogens with zero attached hydrogens (tertiary/aromatic N) is 1. The maximum Gasteiger partial charge on any atom is 0.246 e. The average Bonchev–Trinajstić information content (AvgIpc) is 2.77. The number of ether oxygens (including phenoxy) is 1. The Morgan fingerprint density at radius 1 is 1.44 bits per heavy atom. The monoisotopic (exact) mass is 243 g/mol. The van der Waals surface area contributed by atoms with Crippen LogP contribution >= 0.6 is 0 Å². The van der Waals surface area contributed by atoms with Crippen LogP contribution in [0.25, 0.3) is 0 Å². The SMILES string of the molecule is C=CC(=O)N1CCCC2(C1)OCc1ccccc12. The number of fused-ring (bicyclic) bond motifs is 2. The van der Waals surface area contributed by atoms with Crippen molar-refractivity contribution < 1.29 is 9.53 Å². The molecule has 0 radical (unpaired) electrons. The van der Waals surface area contributed by atoms with Gasteiger partial charge in [-0.2, -0.15) is 0 Å². The van der Waals surface area contributed by atoms with Crippen LogP contribution in [0.5, 0.6) is 0 Å². The van der Waals surface area contributed by atoms with E-state index in [9.17, 15) is 4.79 Å². The molecule has 1 spiro atoms. The molecule has 1 fully saturated rings. The normalized spacial score (nSPS) is 26.1. The van der Waals surface area contributed by atoms with Crippen molar-refractivity contribution >= 4 is 5.91 Å². The number of benzene rings is 1. The van der Waals surface area contributed by atoms with Crippen LogP contribution in [0.2, 0.25) is 0 Å². The van der Waals surface area contributed by atoms with E-state index in [4.69, 9.17) is 4.74 Å². The summed E-state index contributed by atoms with van der Waals surface area (Å²) in [4.78, 5) is 13.6. The fourth-order valence-electron chi connectivity index (χ4n) is 3.06. The maximum absolute atomic E-state index is 11.8. The molecule has 2 aliphatic rings. The molecule has 0 aromatic heterocycles. The van der Waals surface area contributed by atoms with E-state index in [1.54, 1.807) is 0 Å². The summed E-state index contributed by atoms with van der Waals surface area (Å²) in [7, 11) is 0. The lowest BCUT2D eigenvalue weighted by molar-refractivity contribution is -0.137. The smallest absolute Gasteiger partial charge is 0.246 e. The zero-order valence-electron chi connectivity index (χ0n) is 10.4. The summed E-state index contributed by atoms with van der Waals surface area (Å²) in [5.74, 6) is 0.00190. The molecule has 1 aromatic carbocycles. The molecule has 1 amide bonds. The van der Waals surface area contributed by atoms with Gasteiger partial charge in [-0.15, -0.1) is 0 Å².